The average Bonchev–Trinajstić information content (AvgIpc) is 2.87. The highest BCUT2D eigenvalue weighted by Crippen LogP contribution is 2.18. The Bertz CT molecular complexity index is 708. The molecule has 2 aromatic rings. The van der Waals surface area contributed by atoms with Crippen LogP contribution in [0.25, 0.3) is 5.69 Å². The van der Waals surface area contributed by atoms with Gasteiger partial charge in [-0.15, -0.1) is 0 Å². The number of amides is 1. The first-order chi connectivity index (χ1) is 11.5. The molecule has 6 nitrogen and oxygen atoms in total. The fraction of sp³-hybridized carbons (Fsp3) is 0.389. The van der Waals surface area contributed by atoms with Gasteiger partial charge in [-0.25, -0.2) is 4.68 Å². The maximum absolute atomic E-state index is 12.1. The van der Waals surface area contributed by atoms with Crippen LogP contribution >= 0.6 is 0 Å². The van der Waals surface area contributed by atoms with Crippen LogP contribution in [0.2, 0.25) is 0 Å². The van der Waals surface area contributed by atoms with E-state index < -0.39 is 0 Å². The Balaban J connectivity index is 1.96. The third-order valence-electron chi connectivity index (χ3n) is 3.89. The van der Waals surface area contributed by atoms with Gasteiger partial charge in [-0.3, -0.25) is 9.59 Å². The molecule has 1 aromatic heterocycles. The first-order valence-electron chi connectivity index (χ1n) is 7.97. The highest BCUT2D eigenvalue weighted by Gasteiger charge is 2.15. The highest BCUT2D eigenvalue weighted by atomic mass is 16.5. The molecule has 128 valence electrons. The number of aromatic nitrogens is 2. The third kappa shape index (κ3) is 4.44. The van der Waals surface area contributed by atoms with Crippen LogP contribution in [-0.4, -0.2) is 35.3 Å². The monoisotopic (exact) mass is 329 g/mol. The second-order valence-corrected chi connectivity index (χ2v) is 5.60. The number of hydrogen-bond acceptors (Lipinski definition) is 4. The van der Waals surface area contributed by atoms with Crippen molar-refractivity contribution >= 4 is 11.9 Å². The van der Waals surface area contributed by atoms with Crippen molar-refractivity contribution in [1.82, 2.24) is 15.1 Å². The summed E-state index contributed by atoms with van der Waals surface area (Å²) in [7, 11) is 1.36. The summed E-state index contributed by atoms with van der Waals surface area (Å²) < 4.78 is 6.42. The van der Waals surface area contributed by atoms with Gasteiger partial charge in [-0.05, 0) is 32.4 Å². The molecule has 0 aliphatic carbocycles. The molecule has 0 saturated carbocycles. The molecule has 0 fully saturated rings. The van der Waals surface area contributed by atoms with Crippen molar-refractivity contribution in [2.24, 2.45) is 0 Å². The predicted octanol–water partition coefficient (Wildman–Crippen LogP) is 2.10. The van der Waals surface area contributed by atoms with Gasteiger partial charge in [0.2, 0.25) is 5.91 Å². The lowest BCUT2D eigenvalue weighted by atomic mass is 10.1. The number of rotatable bonds is 7. The van der Waals surface area contributed by atoms with E-state index in [9.17, 15) is 9.59 Å². The SMILES string of the molecule is COC(=O)CCCNC(=O)Cc1c(C)nn(-c2ccccc2)c1C. The molecule has 24 heavy (non-hydrogen) atoms. The second-order valence-electron chi connectivity index (χ2n) is 5.60. The number of nitrogens with zero attached hydrogens (tertiary/aromatic N) is 2. The van der Waals surface area contributed by atoms with Crippen LogP contribution < -0.4 is 5.32 Å². The molecule has 0 bridgehead atoms. The number of esters is 1. The zero-order valence-corrected chi connectivity index (χ0v) is 14.3. The number of ether oxygens (including phenoxy) is 1. The van der Waals surface area contributed by atoms with Crippen molar-refractivity contribution in [3.05, 3.63) is 47.3 Å². The van der Waals surface area contributed by atoms with E-state index in [1.165, 1.54) is 7.11 Å². The smallest absolute Gasteiger partial charge is 0.305 e. The molecule has 0 saturated heterocycles. The topological polar surface area (TPSA) is 73.2 Å². The van der Waals surface area contributed by atoms with E-state index in [0.29, 0.717) is 19.4 Å². The van der Waals surface area contributed by atoms with Gasteiger partial charge in [0.05, 0.1) is 24.9 Å². The number of hydrogen-bond donors (Lipinski definition) is 1. The van der Waals surface area contributed by atoms with E-state index in [0.717, 1.165) is 22.6 Å². The molecule has 1 N–H and O–H groups in total. The van der Waals surface area contributed by atoms with Crippen molar-refractivity contribution in [2.75, 3.05) is 13.7 Å². The Kier molecular flexibility index (Phi) is 6.12. The minimum absolute atomic E-state index is 0.0707. The Morgan fingerprint density at radius 2 is 1.92 bits per heavy atom. The summed E-state index contributed by atoms with van der Waals surface area (Å²) >= 11 is 0. The van der Waals surface area contributed by atoms with Gasteiger partial charge < -0.3 is 10.1 Å². The summed E-state index contributed by atoms with van der Waals surface area (Å²) in [6, 6.07) is 9.84. The van der Waals surface area contributed by atoms with E-state index in [1.54, 1.807) is 0 Å². The number of aryl methyl sites for hydroxylation is 1. The number of carbonyl (C=O) groups is 2. The highest BCUT2D eigenvalue weighted by molar-refractivity contribution is 5.79. The van der Waals surface area contributed by atoms with Crippen molar-refractivity contribution < 1.29 is 14.3 Å². The zero-order chi connectivity index (χ0) is 17.5. The molecule has 0 atom stereocenters. The number of benzene rings is 1. The molecule has 1 heterocycles. The molecular formula is C18H23N3O3. The number of carbonyl (C=O) groups excluding carboxylic acids is 2. The van der Waals surface area contributed by atoms with Crippen molar-refractivity contribution in [3.63, 3.8) is 0 Å². The largest absolute Gasteiger partial charge is 0.469 e. The van der Waals surface area contributed by atoms with Gasteiger partial charge in [0.15, 0.2) is 0 Å². The maximum Gasteiger partial charge on any atom is 0.305 e. The fourth-order valence-corrected chi connectivity index (χ4v) is 2.54. The van der Waals surface area contributed by atoms with E-state index >= 15 is 0 Å². The Morgan fingerprint density at radius 1 is 1.21 bits per heavy atom. The van der Waals surface area contributed by atoms with Gasteiger partial charge in [-0.2, -0.15) is 5.10 Å². The number of nitrogens with one attached hydrogen (secondary N) is 1. The summed E-state index contributed by atoms with van der Waals surface area (Å²) in [5, 5.41) is 7.37. The van der Waals surface area contributed by atoms with Gasteiger partial charge in [0.1, 0.15) is 0 Å². The van der Waals surface area contributed by atoms with Crippen LogP contribution in [0.1, 0.15) is 29.8 Å². The Hall–Kier alpha value is -2.63. The first kappa shape index (κ1) is 17.7. The van der Waals surface area contributed by atoms with Crippen LogP contribution in [-0.2, 0) is 20.7 Å². The summed E-state index contributed by atoms with van der Waals surface area (Å²) in [5.74, 6) is -0.334. The predicted molar refractivity (Wildman–Crippen MR) is 91.0 cm³/mol. The molecule has 2 rings (SSSR count). The summed E-state index contributed by atoms with van der Waals surface area (Å²) in [4.78, 5) is 23.1. The van der Waals surface area contributed by atoms with Gasteiger partial charge in [0.25, 0.3) is 0 Å². The minimum atomic E-state index is -0.264. The van der Waals surface area contributed by atoms with Crippen LogP contribution in [0.15, 0.2) is 30.3 Å². The number of methoxy groups -OCH3 is 1. The summed E-state index contributed by atoms with van der Waals surface area (Å²) in [5.41, 5.74) is 3.72. The van der Waals surface area contributed by atoms with E-state index in [4.69, 9.17) is 0 Å². The van der Waals surface area contributed by atoms with Gasteiger partial charge in [0, 0.05) is 24.2 Å². The quantitative estimate of drug-likeness (QED) is 0.624. The first-order valence-corrected chi connectivity index (χ1v) is 7.97. The molecule has 1 amide bonds. The molecule has 0 radical (unpaired) electrons. The third-order valence-corrected chi connectivity index (χ3v) is 3.89. The van der Waals surface area contributed by atoms with Crippen molar-refractivity contribution in [3.8, 4) is 5.69 Å². The van der Waals surface area contributed by atoms with Gasteiger partial charge in [-0.1, -0.05) is 18.2 Å². The molecule has 6 heteroatoms. The lowest BCUT2D eigenvalue weighted by Gasteiger charge is -2.06. The van der Waals surface area contributed by atoms with Crippen LogP contribution in [0.5, 0.6) is 0 Å². The minimum Gasteiger partial charge on any atom is -0.469 e. The van der Waals surface area contributed by atoms with Gasteiger partial charge >= 0.3 is 5.97 Å². The molecule has 0 aliphatic heterocycles. The van der Waals surface area contributed by atoms with Crippen molar-refractivity contribution in [1.29, 1.82) is 0 Å². The van der Waals surface area contributed by atoms with E-state index in [2.05, 4.69) is 15.2 Å². The molecule has 0 unspecified atom stereocenters. The number of para-hydroxylation sites is 1. The molecule has 0 spiro atoms. The standard InChI is InChI=1S/C18H23N3O3/c1-13-16(12-17(22)19-11-7-10-18(23)24-3)14(2)21(20-13)15-8-5-4-6-9-15/h4-6,8-9H,7,10-12H2,1-3H3,(H,19,22). The fourth-order valence-electron chi connectivity index (χ4n) is 2.54. The van der Waals surface area contributed by atoms with E-state index in [-0.39, 0.29) is 18.3 Å². The molecule has 0 aliphatic rings. The average molecular weight is 329 g/mol. The van der Waals surface area contributed by atoms with Crippen molar-refractivity contribution in [2.45, 2.75) is 33.1 Å². The van der Waals surface area contributed by atoms with Crippen LogP contribution in [0.3, 0.4) is 0 Å². The van der Waals surface area contributed by atoms with Crippen LogP contribution in [0.4, 0.5) is 0 Å². The summed E-state index contributed by atoms with van der Waals surface area (Å²) in [6.45, 7) is 4.33. The Morgan fingerprint density at radius 3 is 2.58 bits per heavy atom. The summed E-state index contributed by atoms with van der Waals surface area (Å²) in [6.07, 6.45) is 1.16. The Labute approximate surface area is 141 Å². The zero-order valence-electron chi connectivity index (χ0n) is 14.3. The lowest BCUT2D eigenvalue weighted by Crippen LogP contribution is -2.27. The second kappa shape index (κ2) is 8.29. The normalized spacial score (nSPS) is 10.5. The van der Waals surface area contributed by atoms with E-state index in [1.807, 2.05) is 48.9 Å². The molecule has 1 aromatic carbocycles. The maximum atomic E-state index is 12.1. The molecular weight excluding hydrogens is 306 g/mol. The van der Waals surface area contributed by atoms with Crippen LogP contribution in [0, 0.1) is 13.8 Å². The lowest BCUT2D eigenvalue weighted by molar-refractivity contribution is -0.140.